The topological polar surface area (TPSA) is 83.4 Å². The van der Waals surface area contributed by atoms with Gasteiger partial charge in [-0.15, -0.1) is 0 Å². The van der Waals surface area contributed by atoms with Gasteiger partial charge in [-0.1, -0.05) is 6.07 Å². The van der Waals surface area contributed by atoms with Gasteiger partial charge in [-0.25, -0.2) is 9.78 Å². The van der Waals surface area contributed by atoms with E-state index in [-0.39, 0.29) is 17.2 Å². The fourth-order valence-corrected chi connectivity index (χ4v) is 2.58. The standard InChI is InChI=1S/C15H13N3O3/c19-14(12-9-16-6-7-17-12)18-8-2-4-10-11(15(20)21)3-1-5-13(10)18/h1,3,5-7,9H,2,4,8H2,(H,20,21). The summed E-state index contributed by atoms with van der Waals surface area (Å²) >= 11 is 0. The molecule has 0 saturated heterocycles. The highest BCUT2D eigenvalue weighted by Crippen LogP contribution is 2.30. The molecule has 0 saturated carbocycles. The Balaban J connectivity index is 2.04. The van der Waals surface area contributed by atoms with Crippen LogP contribution < -0.4 is 4.90 Å². The Morgan fingerprint density at radius 2 is 2.10 bits per heavy atom. The second-order valence-electron chi connectivity index (χ2n) is 4.76. The number of aromatic nitrogens is 2. The van der Waals surface area contributed by atoms with Crippen molar-refractivity contribution < 1.29 is 14.7 Å². The number of carbonyl (C=O) groups excluding carboxylic acids is 1. The molecule has 106 valence electrons. The number of rotatable bonds is 2. The highest BCUT2D eigenvalue weighted by atomic mass is 16.4. The summed E-state index contributed by atoms with van der Waals surface area (Å²) in [6, 6.07) is 5.00. The Labute approximate surface area is 121 Å². The molecule has 1 aliphatic rings. The van der Waals surface area contributed by atoms with E-state index in [2.05, 4.69) is 9.97 Å². The van der Waals surface area contributed by atoms with Gasteiger partial charge in [0.25, 0.3) is 5.91 Å². The van der Waals surface area contributed by atoms with E-state index in [0.29, 0.717) is 24.2 Å². The van der Waals surface area contributed by atoms with Crippen LogP contribution in [0.4, 0.5) is 5.69 Å². The molecule has 0 radical (unpaired) electrons. The summed E-state index contributed by atoms with van der Waals surface area (Å²) in [5, 5.41) is 9.26. The van der Waals surface area contributed by atoms with Gasteiger partial charge in [-0.05, 0) is 30.5 Å². The SMILES string of the molecule is O=C(O)c1cccc2c1CCCN2C(=O)c1cnccn1. The molecule has 6 nitrogen and oxygen atoms in total. The molecule has 1 aromatic carbocycles. The van der Waals surface area contributed by atoms with Gasteiger partial charge >= 0.3 is 5.97 Å². The van der Waals surface area contributed by atoms with Gasteiger partial charge in [0.1, 0.15) is 5.69 Å². The number of hydrogen-bond acceptors (Lipinski definition) is 4. The second kappa shape index (κ2) is 5.32. The van der Waals surface area contributed by atoms with E-state index >= 15 is 0 Å². The number of fused-ring (bicyclic) bond motifs is 1. The maximum atomic E-state index is 12.5. The van der Waals surface area contributed by atoms with Gasteiger partial charge in [-0.3, -0.25) is 9.78 Å². The predicted octanol–water partition coefficient (Wildman–Crippen LogP) is 1.77. The fourth-order valence-electron chi connectivity index (χ4n) is 2.58. The van der Waals surface area contributed by atoms with Crippen LogP contribution in [0, 0.1) is 0 Å². The number of carboxylic acids is 1. The van der Waals surface area contributed by atoms with E-state index in [9.17, 15) is 14.7 Å². The summed E-state index contributed by atoms with van der Waals surface area (Å²) in [6.45, 7) is 0.547. The fraction of sp³-hybridized carbons (Fsp3) is 0.200. The van der Waals surface area contributed by atoms with Gasteiger partial charge in [0, 0.05) is 24.6 Å². The molecule has 1 aliphatic heterocycles. The van der Waals surface area contributed by atoms with Crippen molar-refractivity contribution in [1.29, 1.82) is 0 Å². The van der Waals surface area contributed by atoms with Crippen molar-refractivity contribution in [3.05, 3.63) is 53.6 Å². The third kappa shape index (κ3) is 2.35. The summed E-state index contributed by atoms with van der Waals surface area (Å²) in [5.74, 6) is -1.23. The zero-order valence-electron chi connectivity index (χ0n) is 11.2. The molecule has 1 N–H and O–H groups in total. The Bertz CT molecular complexity index is 701. The number of benzene rings is 1. The maximum absolute atomic E-state index is 12.5. The first-order chi connectivity index (χ1) is 10.2. The first-order valence-electron chi connectivity index (χ1n) is 6.61. The first-order valence-corrected chi connectivity index (χ1v) is 6.61. The first kappa shape index (κ1) is 13.2. The highest BCUT2D eigenvalue weighted by Gasteiger charge is 2.27. The molecule has 0 unspecified atom stereocenters. The van der Waals surface area contributed by atoms with Crippen molar-refractivity contribution in [3.8, 4) is 0 Å². The molecule has 1 amide bonds. The lowest BCUT2D eigenvalue weighted by molar-refractivity contribution is 0.0695. The molecule has 0 atom stereocenters. The average Bonchev–Trinajstić information content (AvgIpc) is 2.53. The molecule has 0 fully saturated rings. The Morgan fingerprint density at radius 3 is 2.81 bits per heavy atom. The normalized spacial score (nSPS) is 13.6. The number of carbonyl (C=O) groups is 2. The van der Waals surface area contributed by atoms with Crippen LogP contribution in [0.15, 0.2) is 36.8 Å². The molecule has 1 aromatic heterocycles. The van der Waals surface area contributed by atoms with Gasteiger partial charge < -0.3 is 10.0 Å². The zero-order chi connectivity index (χ0) is 14.8. The third-order valence-electron chi connectivity index (χ3n) is 3.51. The van der Waals surface area contributed by atoms with Crippen LogP contribution in [0.1, 0.15) is 32.8 Å². The van der Waals surface area contributed by atoms with Gasteiger partial charge in [0.2, 0.25) is 0 Å². The smallest absolute Gasteiger partial charge is 0.336 e. The number of hydrogen-bond donors (Lipinski definition) is 1. The monoisotopic (exact) mass is 283 g/mol. The number of aromatic carboxylic acids is 1. The van der Waals surface area contributed by atoms with Gasteiger partial charge in [0.15, 0.2) is 0 Å². The average molecular weight is 283 g/mol. The van der Waals surface area contributed by atoms with Crippen molar-refractivity contribution in [2.24, 2.45) is 0 Å². The highest BCUT2D eigenvalue weighted by molar-refractivity contribution is 6.06. The third-order valence-corrected chi connectivity index (χ3v) is 3.51. The number of nitrogens with zero attached hydrogens (tertiary/aromatic N) is 3. The van der Waals surface area contributed by atoms with Crippen LogP contribution in [0.3, 0.4) is 0 Å². The maximum Gasteiger partial charge on any atom is 0.336 e. The summed E-state index contributed by atoms with van der Waals surface area (Å²) in [4.78, 5) is 33.3. The van der Waals surface area contributed by atoms with E-state index in [1.54, 1.807) is 23.1 Å². The van der Waals surface area contributed by atoms with E-state index in [0.717, 1.165) is 6.42 Å². The summed E-state index contributed by atoms with van der Waals surface area (Å²) in [5.41, 5.74) is 1.86. The van der Waals surface area contributed by atoms with E-state index < -0.39 is 5.97 Å². The van der Waals surface area contributed by atoms with Crippen molar-refractivity contribution in [2.45, 2.75) is 12.8 Å². The number of anilines is 1. The van der Waals surface area contributed by atoms with Crippen molar-refractivity contribution >= 4 is 17.6 Å². The lowest BCUT2D eigenvalue weighted by atomic mass is 9.96. The molecule has 2 aromatic rings. The predicted molar refractivity (Wildman–Crippen MR) is 75.4 cm³/mol. The molecule has 0 bridgehead atoms. The van der Waals surface area contributed by atoms with Crippen LogP contribution in [0.25, 0.3) is 0 Å². The minimum atomic E-state index is -0.972. The molecular weight excluding hydrogens is 270 g/mol. The lowest BCUT2D eigenvalue weighted by Gasteiger charge is -2.30. The Morgan fingerprint density at radius 1 is 1.24 bits per heavy atom. The van der Waals surface area contributed by atoms with E-state index in [1.807, 2.05) is 0 Å². The molecule has 3 rings (SSSR count). The number of amides is 1. The Hall–Kier alpha value is -2.76. The van der Waals surface area contributed by atoms with Crippen molar-refractivity contribution in [2.75, 3.05) is 11.4 Å². The molecule has 0 aliphatic carbocycles. The zero-order valence-corrected chi connectivity index (χ0v) is 11.2. The summed E-state index contributed by atoms with van der Waals surface area (Å²) in [7, 11) is 0. The van der Waals surface area contributed by atoms with Gasteiger partial charge in [0.05, 0.1) is 11.8 Å². The van der Waals surface area contributed by atoms with Crippen molar-refractivity contribution in [1.82, 2.24) is 9.97 Å². The molecule has 2 heterocycles. The van der Waals surface area contributed by atoms with Crippen LogP contribution in [-0.4, -0.2) is 33.5 Å². The lowest BCUT2D eigenvalue weighted by Crippen LogP contribution is -2.36. The van der Waals surface area contributed by atoms with Crippen LogP contribution in [0.2, 0.25) is 0 Å². The minimum Gasteiger partial charge on any atom is -0.478 e. The molecule has 6 heteroatoms. The Kier molecular flexibility index (Phi) is 3.35. The van der Waals surface area contributed by atoms with Crippen LogP contribution in [0.5, 0.6) is 0 Å². The van der Waals surface area contributed by atoms with Crippen molar-refractivity contribution in [3.63, 3.8) is 0 Å². The van der Waals surface area contributed by atoms with Crippen LogP contribution >= 0.6 is 0 Å². The van der Waals surface area contributed by atoms with E-state index in [1.165, 1.54) is 18.6 Å². The van der Waals surface area contributed by atoms with Gasteiger partial charge in [-0.2, -0.15) is 0 Å². The minimum absolute atomic E-state index is 0.254. The molecule has 21 heavy (non-hydrogen) atoms. The quantitative estimate of drug-likeness (QED) is 0.908. The number of carboxylic acid groups (broad SMARTS) is 1. The second-order valence-corrected chi connectivity index (χ2v) is 4.76. The van der Waals surface area contributed by atoms with Crippen LogP contribution in [-0.2, 0) is 6.42 Å². The van der Waals surface area contributed by atoms with E-state index in [4.69, 9.17) is 0 Å². The summed E-state index contributed by atoms with van der Waals surface area (Å²) < 4.78 is 0. The molecule has 0 spiro atoms. The summed E-state index contributed by atoms with van der Waals surface area (Å²) in [6.07, 6.45) is 5.76. The largest absolute Gasteiger partial charge is 0.478 e. The molecular formula is C15H13N3O3.